The summed E-state index contributed by atoms with van der Waals surface area (Å²) in [4.78, 5) is 0. The molecule has 1 atom stereocenters. The van der Waals surface area contributed by atoms with Gasteiger partial charge in [0.15, 0.2) is 0 Å². The molecule has 0 fully saturated rings. The number of aliphatic hydroxyl groups is 1. The van der Waals surface area contributed by atoms with Crippen LogP contribution in [0.2, 0.25) is 0 Å². The van der Waals surface area contributed by atoms with Crippen molar-refractivity contribution < 1.29 is 5.11 Å². The first kappa shape index (κ1) is 10.4. The molecule has 0 aliphatic carbocycles. The Morgan fingerprint density at radius 2 is 1.90 bits per heavy atom. The van der Waals surface area contributed by atoms with Crippen molar-refractivity contribution in [3.63, 3.8) is 0 Å². The lowest BCUT2D eigenvalue weighted by atomic mass is 10.0. The smallest absolute Gasteiger partial charge is 0.0431 e. The van der Waals surface area contributed by atoms with Gasteiger partial charge in [-0.05, 0) is 31.6 Å². The van der Waals surface area contributed by atoms with E-state index in [1.165, 1.54) is 19.3 Å². The predicted octanol–water partition coefficient (Wildman–Crippen LogP) is 2.57. The molecule has 0 aromatic carbocycles. The van der Waals surface area contributed by atoms with Crippen molar-refractivity contribution in [2.24, 2.45) is 5.92 Å². The fourth-order valence-corrected chi connectivity index (χ4v) is 1.33. The van der Waals surface area contributed by atoms with Crippen LogP contribution in [0.5, 0.6) is 0 Å². The van der Waals surface area contributed by atoms with Crippen LogP contribution in [0.4, 0.5) is 0 Å². The van der Waals surface area contributed by atoms with Crippen LogP contribution in [0, 0.1) is 5.92 Å². The van der Waals surface area contributed by atoms with Gasteiger partial charge >= 0.3 is 0 Å². The number of rotatable bonds is 6. The second-order valence-corrected chi connectivity index (χ2v) is 3.60. The summed E-state index contributed by atoms with van der Waals surface area (Å²) in [5.41, 5.74) is 0. The molecule has 0 aromatic heterocycles. The first-order valence-electron chi connectivity index (χ1n) is 3.98. The van der Waals surface area contributed by atoms with Crippen molar-refractivity contribution in [1.29, 1.82) is 0 Å². The molecule has 0 bridgehead atoms. The van der Waals surface area contributed by atoms with Gasteiger partial charge in [-0.3, -0.25) is 0 Å². The van der Waals surface area contributed by atoms with Crippen molar-refractivity contribution in [2.45, 2.75) is 32.6 Å². The molecule has 0 amide bonds. The van der Waals surface area contributed by atoms with E-state index < -0.39 is 0 Å². The van der Waals surface area contributed by atoms with Gasteiger partial charge in [0.25, 0.3) is 0 Å². The van der Waals surface area contributed by atoms with Crippen molar-refractivity contribution >= 4 is 15.9 Å². The van der Waals surface area contributed by atoms with Crippen LogP contribution in [0.1, 0.15) is 32.6 Å². The highest BCUT2D eigenvalue weighted by atomic mass is 79.9. The zero-order chi connectivity index (χ0) is 7.82. The van der Waals surface area contributed by atoms with Gasteiger partial charge in [0.2, 0.25) is 0 Å². The van der Waals surface area contributed by atoms with E-state index in [9.17, 15) is 0 Å². The molecular weight excluding hydrogens is 192 g/mol. The lowest BCUT2D eigenvalue weighted by Crippen LogP contribution is -1.96. The van der Waals surface area contributed by atoms with Crippen LogP contribution >= 0.6 is 15.9 Å². The number of aliphatic hydroxyl groups excluding tert-OH is 1. The zero-order valence-corrected chi connectivity index (χ0v) is 8.23. The minimum atomic E-state index is 0.346. The summed E-state index contributed by atoms with van der Waals surface area (Å²) in [6.07, 6.45) is 4.67. The van der Waals surface area contributed by atoms with Gasteiger partial charge in [0, 0.05) is 11.9 Å². The summed E-state index contributed by atoms with van der Waals surface area (Å²) in [5.74, 6) is 0.782. The molecule has 0 spiro atoms. The Hall–Kier alpha value is 0.440. The highest BCUT2D eigenvalue weighted by molar-refractivity contribution is 9.09. The lowest BCUT2D eigenvalue weighted by Gasteiger charge is -2.07. The van der Waals surface area contributed by atoms with E-state index in [-0.39, 0.29) is 0 Å². The highest BCUT2D eigenvalue weighted by Gasteiger charge is 1.99. The quantitative estimate of drug-likeness (QED) is 0.666. The third-order valence-corrected chi connectivity index (χ3v) is 2.25. The molecule has 1 nitrogen and oxygen atoms in total. The molecule has 0 radical (unpaired) electrons. The Bertz CT molecular complexity index is 58.3. The Kier molecular flexibility index (Phi) is 7.88. The van der Waals surface area contributed by atoms with Gasteiger partial charge in [-0.1, -0.05) is 22.9 Å². The molecule has 0 unspecified atom stereocenters. The average Bonchev–Trinajstić information content (AvgIpc) is 1.97. The second kappa shape index (κ2) is 7.55. The molecule has 0 saturated carbocycles. The zero-order valence-electron chi connectivity index (χ0n) is 6.65. The predicted molar refractivity (Wildman–Crippen MR) is 48.5 cm³/mol. The lowest BCUT2D eigenvalue weighted by molar-refractivity contribution is 0.271. The van der Waals surface area contributed by atoms with Gasteiger partial charge < -0.3 is 5.11 Å². The summed E-state index contributed by atoms with van der Waals surface area (Å²) < 4.78 is 0. The third kappa shape index (κ3) is 6.56. The molecule has 10 heavy (non-hydrogen) atoms. The fraction of sp³-hybridized carbons (Fsp3) is 1.00. The van der Waals surface area contributed by atoms with Crippen LogP contribution in [0.15, 0.2) is 0 Å². The summed E-state index contributed by atoms with van der Waals surface area (Å²) in [6.45, 7) is 2.59. The first-order chi connectivity index (χ1) is 4.81. The number of hydrogen-bond donors (Lipinski definition) is 1. The van der Waals surface area contributed by atoms with E-state index in [1.807, 2.05) is 0 Å². The van der Waals surface area contributed by atoms with Crippen molar-refractivity contribution in [3.8, 4) is 0 Å². The van der Waals surface area contributed by atoms with Crippen LogP contribution in [-0.2, 0) is 0 Å². The van der Waals surface area contributed by atoms with E-state index in [4.69, 9.17) is 5.11 Å². The van der Waals surface area contributed by atoms with E-state index >= 15 is 0 Å². The van der Waals surface area contributed by atoms with E-state index in [2.05, 4.69) is 22.9 Å². The van der Waals surface area contributed by atoms with Crippen molar-refractivity contribution in [1.82, 2.24) is 0 Å². The highest BCUT2D eigenvalue weighted by Crippen LogP contribution is 2.12. The van der Waals surface area contributed by atoms with Gasteiger partial charge in [-0.2, -0.15) is 0 Å². The number of hydrogen-bond acceptors (Lipinski definition) is 1. The van der Waals surface area contributed by atoms with Crippen LogP contribution in [0.3, 0.4) is 0 Å². The summed E-state index contributed by atoms with van der Waals surface area (Å²) >= 11 is 3.40. The molecule has 0 aliphatic rings. The molecule has 0 aromatic rings. The number of alkyl halides is 1. The monoisotopic (exact) mass is 208 g/mol. The van der Waals surface area contributed by atoms with E-state index in [0.717, 1.165) is 17.7 Å². The minimum Gasteiger partial charge on any atom is -0.396 e. The van der Waals surface area contributed by atoms with Crippen LogP contribution in [-0.4, -0.2) is 17.0 Å². The Labute approximate surface area is 72.0 Å². The second-order valence-electron chi connectivity index (χ2n) is 2.80. The Morgan fingerprint density at radius 1 is 1.30 bits per heavy atom. The summed E-state index contributed by atoms with van der Waals surface area (Å²) in [5, 5.41) is 9.64. The SMILES string of the molecule is C[C@@H](CCCO)CCCBr. The molecule has 0 rings (SSSR count). The van der Waals surface area contributed by atoms with E-state index in [0.29, 0.717) is 6.61 Å². The molecule has 0 aliphatic heterocycles. The van der Waals surface area contributed by atoms with Crippen molar-refractivity contribution in [3.05, 3.63) is 0 Å². The molecule has 2 heteroatoms. The maximum absolute atomic E-state index is 8.53. The third-order valence-electron chi connectivity index (χ3n) is 1.69. The van der Waals surface area contributed by atoms with Gasteiger partial charge in [0.05, 0.1) is 0 Å². The van der Waals surface area contributed by atoms with Gasteiger partial charge in [-0.15, -0.1) is 0 Å². The molecule has 1 N–H and O–H groups in total. The summed E-state index contributed by atoms with van der Waals surface area (Å²) in [6, 6.07) is 0. The Morgan fingerprint density at radius 3 is 2.40 bits per heavy atom. The van der Waals surface area contributed by atoms with Gasteiger partial charge in [-0.25, -0.2) is 0 Å². The normalized spacial score (nSPS) is 13.5. The van der Waals surface area contributed by atoms with Crippen LogP contribution in [0.25, 0.3) is 0 Å². The summed E-state index contributed by atoms with van der Waals surface area (Å²) in [7, 11) is 0. The maximum Gasteiger partial charge on any atom is 0.0431 e. The topological polar surface area (TPSA) is 20.2 Å². The molecule has 0 heterocycles. The van der Waals surface area contributed by atoms with Crippen LogP contribution < -0.4 is 0 Å². The fourth-order valence-electron chi connectivity index (χ4n) is 1.01. The van der Waals surface area contributed by atoms with Crippen molar-refractivity contribution in [2.75, 3.05) is 11.9 Å². The largest absolute Gasteiger partial charge is 0.396 e. The van der Waals surface area contributed by atoms with Gasteiger partial charge in [0.1, 0.15) is 0 Å². The molecule has 62 valence electrons. The Balaban J connectivity index is 3.00. The molecular formula is C8H17BrO. The molecule has 0 saturated heterocycles. The minimum absolute atomic E-state index is 0.346. The van der Waals surface area contributed by atoms with E-state index in [1.54, 1.807) is 0 Å². The average molecular weight is 209 g/mol. The number of halogens is 1. The maximum atomic E-state index is 8.53. The standard InChI is InChI=1S/C8H17BrO/c1-8(4-2-6-9)5-3-7-10/h8,10H,2-7H2,1H3/t8-/m1/s1. The first-order valence-corrected chi connectivity index (χ1v) is 5.10.